The number of para-hydroxylation sites is 2. The lowest BCUT2D eigenvalue weighted by atomic mass is 9.90. The molecule has 0 atom stereocenters. The average molecular weight is 633 g/mol. The van der Waals surface area contributed by atoms with Crippen LogP contribution in [0.4, 0.5) is 0 Å². The zero-order chi connectivity index (χ0) is 32.5. The smallest absolute Gasteiger partial charge is 0.0620 e. The van der Waals surface area contributed by atoms with E-state index >= 15 is 0 Å². The molecule has 0 radical (unpaired) electrons. The Hall–Kier alpha value is -6.64. The van der Waals surface area contributed by atoms with Crippen molar-refractivity contribution in [2.75, 3.05) is 0 Å². The zero-order valence-corrected chi connectivity index (χ0v) is 27.1. The molecule has 0 spiro atoms. The molecule has 50 heavy (non-hydrogen) atoms. The molecule has 0 saturated heterocycles. The first-order valence-corrected chi connectivity index (χ1v) is 17.4. The van der Waals surface area contributed by atoms with Crippen molar-refractivity contribution in [3.8, 4) is 11.4 Å². The largest absolute Gasteiger partial charge is 0.309 e. The molecule has 0 N–H and O–H groups in total. The van der Waals surface area contributed by atoms with Gasteiger partial charge in [-0.15, -0.1) is 0 Å². The maximum atomic E-state index is 2.49. The first-order chi connectivity index (χ1) is 24.8. The summed E-state index contributed by atoms with van der Waals surface area (Å²) < 4.78 is 4.95. The third kappa shape index (κ3) is 3.28. The van der Waals surface area contributed by atoms with Crippen LogP contribution in [0.1, 0.15) is 0 Å². The highest BCUT2D eigenvalue weighted by Gasteiger charge is 2.23. The quantitative estimate of drug-likeness (QED) is 0.168. The molecule has 0 aliphatic heterocycles. The molecule has 0 bridgehead atoms. The summed E-state index contributed by atoms with van der Waals surface area (Å²) in [5, 5.41) is 18.2. The van der Waals surface area contributed by atoms with Crippen LogP contribution < -0.4 is 0 Å². The van der Waals surface area contributed by atoms with E-state index in [4.69, 9.17) is 0 Å². The van der Waals surface area contributed by atoms with E-state index < -0.39 is 0 Å². The van der Waals surface area contributed by atoms with Crippen molar-refractivity contribution in [1.82, 2.24) is 9.13 Å². The second kappa shape index (κ2) is 9.49. The summed E-state index contributed by atoms with van der Waals surface area (Å²) in [5.41, 5.74) is 7.33. The average Bonchev–Trinajstić information content (AvgIpc) is 3.70. The van der Waals surface area contributed by atoms with E-state index in [0.717, 1.165) is 0 Å². The molecule has 12 aromatic rings. The van der Waals surface area contributed by atoms with E-state index in [1.54, 1.807) is 0 Å². The van der Waals surface area contributed by atoms with Crippen molar-refractivity contribution in [3.05, 3.63) is 170 Å². The molecule has 2 heterocycles. The number of fused-ring (bicyclic) bond motifs is 12. The van der Waals surface area contributed by atoms with E-state index in [2.05, 4.69) is 179 Å². The van der Waals surface area contributed by atoms with E-state index in [0.29, 0.717) is 0 Å². The minimum absolute atomic E-state index is 1.18. The maximum Gasteiger partial charge on any atom is 0.0620 e. The third-order valence-electron chi connectivity index (χ3n) is 11.2. The van der Waals surface area contributed by atoms with Gasteiger partial charge in [0.2, 0.25) is 0 Å². The van der Waals surface area contributed by atoms with Crippen LogP contribution in [0.3, 0.4) is 0 Å². The lowest BCUT2D eigenvalue weighted by Gasteiger charge is -2.16. The fourth-order valence-electron chi connectivity index (χ4n) is 9.18. The minimum atomic E-state index is 1.18. The Morgan fingerprint density at radius 1 is 0.260 bits per heavy atom. The molecule has 2 nitrogen and oxygen atoms in total. The second-order valence-corrected chi connectivity index (χ2v) is 13.7. The van der Waals surface area contributed by atoms with Crippen molar-refractivity contribution in [2.45, 2.75) is 0 Å². The molecule has 230 valence electrons. The summed E-state index contributed by atoms with van der Waals surface area (Å²) in [5.74, 6) is 0. The summed E-state index contributed by atoms with van der Waals surface area (Å²) in [4.78, 5) is 0. The molecule has 0 amide bonds. The van der Waals surface area contributed by atoms with Crippen LogP contribution in [0.25, 0.3) is 109 Å². The molecule has 0 aliphatic carbocycles. The summed E-state index contributed by atoms with van der Waals surface area (Å²) in [7, 11) is 0. The van der Waals surface area contributed by atoms with Crippen LogP contribution in [0.15, 0.2) is 170 Å². The molecule has 0 aliphatic rings. The SMILES string of the molecule is c1ccc(-n2c3ccc4ccccc4c3c3c4ccc5c6c(ccc(cc32)c46)cc2c3c4ccccc4ccc3n(-c3ccccc3)c52)cc1. The van der Waals surface area contributed by atoms with Crippen molar-refractivity contribution < 1.29 is 0 Å². The molecule has 0 unspecified atom stereocenters. The van der Waals surface area contributed by atoms with Gasteiger partial charge in [0.25, 0.3) is 0 Å². The lowest BCUT2D eigenvalue weighted by molar-refractivity contribution is 1.18. The maximum absolute atomic E-state index is 2.49. The summed E-state index contributed by atoms with van der Waals surface area (Å²) in [6.45, 7) is 0. The Morgan fingerprint density at radius 2 is 0.760 bits per heavy atom. The van der Waals surface area contributed by atoms with Crippen LogP contribution in [0.2, 0.25) is 0 Å². The van der Waals surface area contributed by atoms with Gasteiger partial charge in [0.15, 0.2) is 0 Å². The van der Waals surface area contributed by atoms with Gasteiger partial charge in [0.05, 0.1) is 22.1 Å². The van der Waals surface area contributed by atoms with Gasteiger partial charge in [0.1, 0.15) is 0 Å². The van der Waals surface area contributed by atoms with Crippen molar-refractivity contribution >= 4 is 97.5 Å². The fraction of sp³-hybridized carbons (Fsp3) is 0. The van der Waals surface area contributed by atoms with Gasteiger partial charge in [-0.25, -0.2) is 0 Å². The Labute approximate surface area is 286 Å². The summed E-state index contributed by atoms with van der Waals surface area (Å²) in [6, 6.07) is 62.9. The second-order valence-electron chi connectivity index (χ2n) is 13.7. The van der Waals surface area contributed by atoms with Gasteiger partial charge in [-0.3, -0.25) is 0 Å². The number of hydrogen-bond donors (Lipinski definition) is 0. The van der Waals surface area contributed by atoms with Crippen LogP contribution in [0.5, 0.6) is 0 Å². The standard InChI is InChI=1S/C48H28N2/c1-3-13-33(14-4-1)49-41-26-22-30-12-8-10-18-36(30)46(41)47-37-23-24-38-44-31(19-20-32(43(37)44)28-42(47)49)27-39-45-35-17-9-7-11-29(35)21-25-40(45)50(48(38)39)34-15-5-2-6-16-34/h1-28H. The van der Waals surface area contributed by atoms with Gasteiger partial charge >= 0.3 is 0 Å². The normalized spacial score (nSPS) is 12.4. The molecule has 0 saturated carbocycles. The fourth-order valence-corrected chi connectivity index (χ4v) is 9.18. The number of benzene rings is 10. The molecule has 0 fully saturated rings. The van der Waals surface area contributed by atoms with Gasteiger partial charge in [-0.2, -0.15) is 0 Å². The monoisotopic (exact) mass is 632 g/mol. The van der Waals surface area contributed by atoms with E-state index in [9.17, 15) is 0 Å². The topological polar surface area (TPSA) is 9.86 Å². The predicted octanol–water partition coefficient (Wildman–Crippen LogP) is 13.1. The Bertz CT molecular complexity index is 3350. The number of rotatable bonds is 2. The van der Waals surface area contributed by atoms with Gasteiger partial charge in [-0.05, 0) is 97.0 Å². The predicted molar refractivity (Wildman–Crippen MR) is 214 cm³/mol. The van der Waals surface area contributed by atoms with Gasteiger partial charge < -0.3 is 9.13 Å². The van der Waals surface area contributed by atoms with Crippen molar-refractivity contribution in [1.29, 1.82) is 0 Å². The summed E-state index contributed by atoms with van der Waals surface area (Å²) >= 11 is 0. The first kappa shape index (κ1) is 26.3. The Balaban J connectivity index is 1.33. The van der Waals surface area contributed by atoms with Crippen LogP contribution >= 0.6 is 0 Å². The van der Waals surface area contributed by atoms with Gasteiger partial charge in [-0.1, -0.05) is 121 Å². The number of nitrogens with zero attached hydrogens (tertiary/aromatic N) is 2. The molecule has 2 aromatic heterocycles. The van der Waals surface area contributed by atoms with Crippen LogP contribution in [-0.4, -0.2) is 9.13 Å². The molecule has 10 aromatic carbocycles. The highest BCUT2D eigenvalue weighted by molar-refractivity contribution is 6.39. The highest BCUT2D eigenvalue weighted by Crippen LogP contribution is 2.48. The number of hydrogen-bond acceptors (Lipinski definition) is 0. The van der Waals surface area contributed by atoms with E-state index in [1.807, 2.05) is 0 Å². The Kier molecular flexibility index (Phi) is 5.00. The van der Waals surface area contributed by atoms with Crippen molar-refractivity contribution in [2.24, 2.45) is 0 Å². The molecule has 12 rings (SSSR count). The lowest BCUT2D eigenvalue weighted by Crippen LogP contribution is -1.95. The summed E-state index contributed by atoms with van der Waals surface area (Å²) in [6.07, 6.45) is 0. The van der Waals surface area contributed by atoms with Crippen molar-refractivity contribution in [3.63, 3.8) is 0 Å². The van der Waals surface area contributed by atoms with Crippen LogP contribution in [-0.2, 0) is 0 Å². The van der Waals surface area contributed by atoms with Crippen LogP contribution in [0, 0.1) is 0 Å². The molecule has 2 heteroatoms. The van der Waals surface area contributed by atoms with E-state index in [1.165, 1.54) is 109 Å². The third-order valence-corrected chi connectivity index (χ3v) is 11.2. The molecular weight excluding hydrogens is 605 g/mol. The van der Waals surface area contributed by atoms with E-state index in [-0.39, 0.29) is 0 Å². The van der Waals surface area contributed by atoms with Gasteiger partial charge in [0, 0.05) is 38.3 Å². The number of aromatic nitrogens is 2. The zero-order valence-electron chi connectivity index (χ0n) is 27.1. The molecular formula is C48H28N2. The first-order valence-electron chi connectivity index (χ1n) is 17.4. The minimum Gasteiger partial charge on any atom is -0.309 e. The Morgan fingerprint density at radius 3 is 1.46 bits per heavy atom. The highest BCUT2D eigenvalue weighted by atomic mass is 15.0.